The smallest absolute Gasteiger partial charge is 0.147 e. The van der Waals surface area contributed by atoms with E-state index in [1.54, 1.807) is 0 Å². The molecule has 2 unspecified atom stereocenters. The van der Waals surface area contributed by atoms with Gasteiger partial charge in [-0.25, -0.2) is 8.42 Å². The Bertz CT molecular complexity index is 371. The molecule has 0 aromatic rings. The van der Waals surface area contributed by atoms with E-state index < -0.39 is 9.84 Å². The highest BCUT2D eigenvalue weighted by Crippen LogP contribution is 2.14. The van der Waals surface area contributed by atoms with Crippen molar-refractivity contribution >= 4 is 9.84 Å². The molecule has 0 aromatic heterocycles. The first kappa shape index (κ1) is 18.9. The predicted octanol–water partition coefficient (Wildman–Crippen LogP) is 1.29. The Morgan fingerprint density at radius 1 is 1.33 bits per heavy atom. The van der Waals surface area contributed by atoms with Crippen molar-refractivity contribution in [2.45, 2.75) is 51.7 Å². The van der Waals surface area contributed by atoms with Crippen molar-refractivity contribution in [3.8, 4) is 0 Å². The van der Waals surface area contributed by atoms with Crippen LogP contribution in [0.25, 0.3) is 0 Å². The minimum atomic E-state index is -2.87. The molecule has 1 aliphatic rings. The molecule has 126 valence electrons. The maximum absolute atomic E-state index is 11.3. The van der Waals surface area contributed by atoms with Gasteiger partial charge in [0.05, 0.1) is 12.7 Å². The normalized spacial score (nSPS) is 22.3. The summed E-state index contributed by atoms with van der Waals surface area (Å²) in [6.07, 6.45) is 5.28. The maximum atomic E-state index is 11.3. The Labute approximate surface area is 130 Å². The number of hydrogen-bond donors (Lipinski definition) is 1. The first-order valence-corrected chi connectivity index (χ1v) is 10.3. The Hall–Kier alpha value is -0.170. The lowest BCUT2D eigenvalue weighted by atomic mass is 10.0. The third-order valence-corrected chi connectivity index (χ3v) is 4.88. The molecule has 6 heteroatoms. The van der Waals surface area contributed by atoms with Gasteiger partial charge in [-0.05, 0) is 38.8 Å². The quantitative estimate of drug-likeness (QED) is 0.657. The largest absolute Gasteiger partial charge is 0.374 e. The van der Waals surface area contributed by atoms with Crippen molar-refractivity contribution in [3.63, 3.8) is 0 Å². The summed E-state index contributed by atoms with van der Waals surface area (Å²) in [5, 5.41) is 3.54. The predicted molar refractivity (Wildman–Crippen MR) is 87.5 cm³/mol. The van der Waals surface area contributed by atoms with Gasteiger partial charge in [0.1, 0.15) is 9.84 Å². The lowest BCUT2D eigenvalue weighted by Crippen LogP contribution is -2.52. The van der Waals surface area contributed by atoms with E-state index in [1.165, 1.54) is 6.26 Å². The lowest BCUT2D eigenvalue weighted by molar-refractivity contribution is -0.0476. The molecular weight excluding hydrogens is 288 g/mol. The van der Waals surface area contributed by atoms with Crippen molar-refractivity contribution in [3.05, 3.63) is 0 Å². The van der Waals surface area contributed by atoms with Crippen LogP contribution in [0.1, 0.15) is 39.5 Å². The van der Waals surface area contributed by atoms with Gasteiger partial charge in [0, 0.05) is 31.1 Å². The number of sulfone groups is 1. The van der Waals surface area contributed by atoms with Crippen LogP contribution in [0, 0.1) is 0 Å². The summed E-state index contributed by atoms with van der Waals surface area (Å²) in [4.78, 5) is 2.45. The summed E-state index contributed by atoms with van der Waals surface area (Å²) in [7, 11) is -2.87. The molecule has 1 saturated heterocycles. The molecule has 1 heterocycles. The van der Waals surface area contributed by atoms with Crippen LogP contribution in [0.3, 0.4) is 0 Å². The molecule has 2 atom stereocenters. The van der Waals surface area contributed by atoms with Gasteiger partial charge in [-0.15, -0.1) is 0 Å². The van der Waals surface area contributed by atoms with Crippen molar-refractivity contribution in [2.24, 2.45) is 0 Å². The number of morpholine rings is 1. The van der Waals surface area contributed by atoms with Gasteiger partial charge in [0.15, 0.2) is 0 Å². The van der Waals surface area contributed by atoms with Gasteiger partial charge in [-0.3, -0.25) is 4.90 Å². The van der Waals surface area contributed by atoms with Gasteiger partial charge in [0.25, 0.3) is 0 Å². The molecule has 1 aliphatic heterocycles. The van der Waals surface area contributed by atoms with Crippen LogP contribution >= 0.6 is 0 Å². The summed E-state index contributed by atoms with van der Waals surface area (Å²) >= 11 is 0. The van der Waals surface area contributed by atoms with E-state index in [0.29, 0.717) is 6.42 Å². The number of ether oxygens (including phenoxy) is 1. The molecule has 0 amide bonds. The topological polar surface area (TPSA) is 58.6 Å². The van der Waals surface area contributed by atoms with E-state index in [2.05, 4.69) is 24.1 Å². The molecule has 5 nitrogen and oxygen atoms in total. The third-order valence-electron chi connectivity index (χ3n) is 3.85. The van der Waals surface area contributed by atoms with E-state index >= 15 is 0 Å². The lowest BCUT2D eigenvalue weighted by Gasteiger charge is -2.37. The van der Waals surface area contributed by atoms with E-state index in [0.717, 1.165) is 52.0 Å². The Morgan fingerprint density at radius 3 is 2.71 bits per heavy atom. The minimum Gasteiger partial charge on any atom is -0.374 e. The molecule has 0 aromatic carbocycles. The molecule has 21 heavy (non-hydrogen) atoms. The van der Waals surface area contributed by atoms with E-state index in [-0.39, 0.29) is 17.9 Å². The van der Waals surface area contributed by atoms with Crippen LogP contribution in [0.5, 0.6) is 0 Å². The Kier molecular flexibility index (Phi) is 8.78. The number of hydrogen-bond acceptors (Lipinski definition) is 5. The maximum Gasteiger partial charge on any atom is 0.147 e. The zero-order valence-electron chi connectivity index (χ0n) is 13.8. The zero-order chi connectivity index (χ0) is 15.7. The Morgan fingerprint density at radius 2 is 2.10 bits per heavy atom. The third kappa shape index (κ3) is 8.14. The Balaban J connectivity index is 2.50. The molecule has 0 saturated carbocycles. The highest BCUT2D eigenvalue weighted by Gasteiger charge is 2.27. The van der Waals surface area contributed by atoms with Crippen molar-refractivity contribution in [1.82, 2.24) is 10.2 Å². The molecule has 0 radical (unpaired) electrons. The average molecular weight is 320 g/mol. The number of nitrogens with zero attached hydrogens (tertiary/aromatic N) is 1. The van der Waals surface area contributed by atoms with E-state index in [9.17, 15) is 8.42 Å². The summed E-state index contributed by atoms with van der Waals surface area (Å²) in [5.74, 6) is 0.267. The van der Waals surface area contributed by atoms with Crippen LogP contribution in [0.2, 0.25) is 0 Å². The molecular formula is C15H32N2O3S. The molecule has 1 fully saturated rings. The first-order valence-electron chi connectivity index (χ1n) is 8.21. The van der Waals surface area contributed by atoms with E-state index in [4.69, 9.17) is 4.74 Å². The van der Waals surface area contributed by atoms with Crippen LogP contribution in [0.4, 0.5) is 0 Å². The second-order valence-electron chi connectivity index (χ2n) is 6.04. The first-order chi connectivity index (χ1) is 9.96. The van der Waals surface area contributed by atoms with Crippen molar-refractivity contribution in [1.29, 1.82) is 0 Å². The standard InChI is InChI=1S/C15H32N2O3S/c1-4-8-16-14(7-6-12-21(3,18)19)15-13-17(9-5-2)10-11-20-15/h14-16H,4-13H2,1-3H3. The molecule has 1 N–H and O–H groups in total. The SMILES string of the molecule is CCCNC(CCCS(C)(=O)=O)C1CN(CCC)CCO1. The fraction of sp³-hybridized carbons (Fsp3) is 1.00. The number of nitrogens with one attached hydrogen (secondary N) is 1. The second kappa shape index (κ2) is 9.77. The minimum absolute atomic E-state index is 0.177. The van der Waals surface area contributed by atoms with Crippen LogP contribution < -0.4 is 5.32 Å². The molecule has 0 bridgehead atoms. The van der Waals surface area contributed by atoms with E-state index in [1.807, 2.05) is 0 Å². The van der Waals surface area contributed by atoms with Crippen molar-refractivity contribution < 1.29 is 13.2 Å². The van der Waals surface area contributed by atoms with Gasteiger partial charge in [-0.2, -0.15) is 0 Å². The molecule has 0 spiro atoms. The van der Waals surface area contributed by atoms with Crippen molar-refractivity contribution in [2.75, 3.05) is 44.8 Å². The van der Waals surface area contributed by atoms with Gasteiger partial charge in [0.2, 0.25) is 0 Å². The molecule has 0 aliphatic carbocycles. The summed E-state index contributed by atoms with van der Waals surface area (Å²) in [6, 6.07) is 0.256. The zero-order valence-corrected chi connectivity index (χ0v) is 14.6. The average Bonchev–Trinajstić information content (AvgIpc) is 2.42. The van der Waals surface area contributed by atoms with Gasteiger partial charge >= 0.3 is 0 Å². The summed E-state index contributed by atoms with van der Waals surface area (Å²) in [5.41, 5.74) is 0. The monoisotopic (exact) mass is 320 g/mol. The summed E-state index contributed by atoms with van der Waals surface area (Å²) in [6.45, 7) is 9.15. The van der Waals surface area contributed by atoms with Gasteiger partial charge < -0.3 is 10.1 Å². The van der Waals surface area contributed by atoms with Crippen LogP contribution in [-0.4, -0.2) is 70.3 Å². The van der Waals surface area contributed by atoms with Crippen LogP contribution in [-0.2, 0) is 14.6 Å². The summed E-state index contributed by atoms with van der Waals surface area (Å²) < 4.78 is 28.5. The van der Waals surface area contributed by atoms with Gasteiger partial charge in [-0.1, -0.05) is 13.8 Å². The van der Waals surface area contributed by atoms with Crippen LogP contribution in [0.15, 0.2) is 0 Å². The fourth-order valence-corrected chi connectivity index (χ4v) is 3.50. The highest BCUT2D eigenvalue weighted by molar-refractivity contribution is 7.90. The number of rotatable bonds is 10. The second-order valence-corrected chi connectivity index (χ2v) is 8.30. The molecule has 1 rings (SSSR count). The fourth-order valence-electron chi connectivity index (χ4n) is 2.81. The highest BCUT2D eigenvalue weighted by atomic mass is 32.2.